The number of nitriles is 1. The summed E-state index contributed by atoms with van der Waals surface area (Å²) >= 11 is 6.50. The van der Waals surface area contributed by atoms with Gasteiger partial charge in [-0.3, -0.25) is 0 Å². The second kappa shape index (κ2) is 9.69. The van der Waals surface area contributed by atoms with Gasteiger partial charge in [0, 0.05) is 23.0 Å². The number of carbonyl (C=O) groups is 1. The van der Waals surface area contributed by atoms with Crippen LogP contribution in [0, 0.1) is 11.3 Å². The van der Waals surface area contributed by atoms with E-state index in [4.69, 9.17) is 21.1 Å². The molecule has 0 fully saturated rings. The van der Waals surface area contributed by atoms with Crippen LogP contribution in [0.15, 0.2) is 58.3 Å². The maximum Gasteiger partial charge on any atom is 0.348 e. The number of rotatable bonds is 6. The molecule has 5 nitrogen and oxygen atoms in total. The smallest absolute Gasteiger partial charge is 0.348 e. The van der Waals surface area contributed by atoms with E-state index < -0.39 is 5.97 Å². The molecule has 0 radical (unpaired) electrons. The van der Waals surface area contributed by atoms with Gasteiger partial charge in [0.1, 0.15) is 17.4 Å². The lowest BCUT2D eigenvalue weighted by Gasteiger charge is -2.17. The van der Waals surface area contributed by atoms with Crippen LogP contribution in [0.2, 0.25) is 0 Å². The van der Waals surface area contributed by atoms with E-state index in [-0.39, 0.29) is 12.2 Å². The van der Waals surface area contributed by atoms with Crippen LogP contribution in [0.5, 0.6) is 5.75 Å². The summed E-state index contributed by atoms with van der Waals surface area (Å²) in [7, 11) is 1.62. The van der Waals surface area contributed by atoms with E-state index >= 15 is 0 Å². The Hall–Kier alpha value is -2.71. The van der Waals surface area contributed by atoms with Crippen molar-refractivity contribution in [2.45, 2.75) is 26.2 Å². The van der Waals surface area contributed by atoms with E-state index in [0.29, 0.717) is 11.5 Å². The summed E-state index contributed by atoms with van der Waals surface area (Å²) in [6, 6.07) is 9.45. The number of nitrogens with zero attached hydrogens (tertiary/aromatic N) is 1. The Balaban J connectivity index is 2.23. The molecule has 0 atom stereocenters. The Morgan fingerprint density at radius 1 is 1.42 bits per heavy atom. The van der Waals surface area contributed by atoms with Gasteiger partial charge in [-0.25, -0.2) is 4.79 Å². The number of nitrogens with one attached hydrogen (secondary N) is 1. The van der Waals surface area contributed by atoms with Gasteiger partial charge in [0.05, 0.1) is 13.7 Å². The fourth-order valence-corrected chi connectivity index (χ4v) is 2.87. The number of benzene rings is 1. The van der Waals surface area contributed by atoms with E-state index in [1.807, 2.05) is 36.5 Å². The highest BCUT2D eigenvalue weighted by atomic mass is 35.5. The first kappa shape index (κ1) is 19.6. The van der Waals surface area contributed by atoms with Gasteiger partial charge < -0.3 is 14.8 Å². The van der Waals surface area contributed by atoms with Gasteiger partial charge in [-0.15, -0.1) is 0 Å². The lowest BCUT2D eigenvalue weighted by Crippen LogP contribution is -2.08. The highest BCUT2D eigenvalue weighted by Crippen LogP contribution is 2.33. The van der Waals surface area contributed by atoms with Gasteiger partial charge in [-0.05, 0) is 55.5 Å². The Morgan fingerprint density at radius 3 is 2.92 bits per heavy atom. The highest BCUT2D eigenvalue weighted by Gasteiger charge is 2.17. The zero-order valence-electron chi connectivity index (χ0n) is 14.8. The lowest BCUT2D eigenvalue weighted by molar-refractivity contribution is -0.138. The van der Waals surface area contributed by atoms with Gasteiger partial charge in [0.25, 0.3) is 0 Å². The summed E-state index contributed by atoms with van der Waals surface area (Å²) in [5, 5.41) is 13.0. The third-order valence-corrected chi connectivity index (χ3v) is 4.36. The molecule has 1 aliphatic rings. The van der Waals surface area contributed by atoms with Gasteiger partial charge in [0.15, 0.2) is 0 Å². The van der Waals surface area contributed by atoms with Crippen molar-refractivity contribution in [1.82, 2.24) is 0 Å². The largest absolute Gasteiger partial charge is 0.497 e. The Kier molecular flexibility index (Phi) is 7.31. The number of carbonyl (C=O) groups excluding carboxylic acids is 1. The monoisotopic (exact) mass is 372 g/mol. The molecular weight excluding hydrogens is 352 g/mol. The van der Waals surface area contributed by atoms with E-state index in [2.05, 4.69) is 5.32 Å². The maximum absolute atomic E-state index is 11.8. The molecule has 26 heavy (non-hydrogen) atoms. The molecule has 0 bridgehead atoms. The maximum atomic E-state index is 11.8. The van der Waals surface area contributed by atoms with Gasteiger partial charge in [-0.2, -0.15) is 5.26 Å². The molecule has 0 amide bonds. The summed E-state index contributed by atoms with van der Waals surface area (Å²) in [5.74, 6) is 0.132. The van der Waals surface area contributed by atoms with Crippen LogP contribution < -0.4 is 10.1 Å². The summed E-state index contributed by atoms with van der Waals surface area (Å²) < 4.78 is 10.1. The van der Waals surface area contributed by atoms with Gasteiger partial charge in [-0.1, -0.05) is 17.7 Å². The van der Waals surface area contributed by atoms with Crippen molar-refractivity contribution in [3.8, 4) is 11.8 Å². The molecule has 0 spiro atoms. The molecule has 2 rings (SSSR count). The Labute approximate surface area is 158 Å². The molecular formula is C20H21ClN2O3. The van der Waals surface area contributed by atoms with Crippen molar-refractivity contribution in [3.05, 3.63) is 58.3 Å². The van der Waals surface area contributed by atoms with Crippen LogP contribution in [-0.2, 0) is 9.53 Å². The van der Waals surface area contributed by atoms with Crippen LogP contribution in [0.4, 0.5) is 5.69 Å². The minimum Gasteiger partial charge on any atom is -0.497 e. The first-order valence-electron chi connectivity index (χ1n) is 8.36. The molecule has 136 valence electrons. The minimum atomic E-state index is -0.627. The first-order chi connectivity index (χ1) is 12.6. The minimum absolute atomic E-state index is 0.0398. The first-order valence-corrected chi connectivity index (χ1v) is 8.74. The summed E-state index contributed by atoms with van der Waals surface area (Å²) in [6.45, 7) is 1.92. The average molecular weight is 373 g/mol. The lowest BCUT2D eigenvalue weighted by atomic mass is 9.94. The SMILES string of the molecule is CCOC(=O)/C(C#N)=C/C1=C(Cl)C(=C/Nc2cccc(OC)c2)/CCC1. The number of ether oxygens (including phenoxy) is 2. The standard InChI is InChI=1S/C20H21ClN2O3/c1-3-26-20(24)16(12-22)10-14-6-4-7-15(19(14)21)13-23-17-8-5-9-18(11-17)25-2/h5,8-11,13,23H,3-4,6-7H2,1-2H3/b15-13+,16-10+. The third-order valence-electron chi connectivity index (χ3n) is 3.87. The van der Waals surface area contributed by atoms with Crippen LogP contribution in [-0.4, -0.2) is 19.7 Å². The van der Waals surface area contributed by atoms with Gasteiger partial charge >= 0.3 is 5.97 Å². The number of allylic oxidation sites excluding steroid dienone is 4. The number of hydrogen-bond acceptors (Lipinski definition) is 5. The van der Waals surface area contributed by atoms with Crippen molar-refractivity contribution in [3.63, 3.8) is 0 Å². The van der Waals surface area contributed by atoms with E-state index in [0.717, 1.165) is 35.4 Å². The number of esters is 1. The van der Waals surface area contributed by atoms with Gasteiger partial charge in [0.2, 0.25) is 0 Å². The highest BCUT2D eigenvalue weighted by molar-refractivity contribution is 6.32. The molecule has 1 aliphatic carbocycles. The number of halogens is 1. The van der Waals surface area contributed by atoms with E-state index in [1.54, 1.807) is 14.0 Å². The van der Waals surface area contributed by atoms with E-state index in [1.165, 1.54) is 6.08 Å². The second-order valence-corrected chi connectivity index (χ2v) is 6.01. The van der Waals surface area contributed by atoms with Crippen LogP contribution in [0.25, 0.3) is 0 Å². The van der Waals surface area contributed by atoms with Crippen molar-refractivity contribution in [2.24, 2.45) is 0 Å². The molecule has 0 saturated heterocycles. The summed E-state index contributed by atoms with van der Waals surface area (Å²) in [4.78, 5) is 11.8. The molecule has 1 aromatic carbocycles. The molecule has 0 aromatic heterocycles. The fraction of sp³-hybridized carbons (Fsp3) is 0.300. The van der Waals surface area contributed by atoms with Crippen molar-refractivity contribution < 1.29 is 14.3 Å². The van der Waals surface area contributed by atoms with Crippen molar-refractivity contribution in [1.29, 1.82) is 5.26 Å². The number of anilines is 1. The summed E-state index contributed by atoms with van der Waals surface area (Å²) in [5.41, 5.74) is 2.53. The zero-order chi connectivity index (χ0) is 18.9. The number of hydrogen-bond donors (Lipinski definition) is 1. The molecule has 0 saturated carbocycles. The topological polar surface area (TPSA) is 71.4 Å². The Bertz CT molecular complexity index is 804. The molecule has 0 heterocycles. The van der Waals surface area contributed by atoms with Crippen molar-refractivity contribution in [2.75, 3.05) is 19.0 Å². The normalized spacial score (nSPS) is 16.2. The Morgan fingerprint density at radius 2 is 2.23 bits per heavy atom. The van der Waals surface area contributed by atoms with Crippen LogP contribution >= 0.6 is 11.6 Å². The number of methoxy groups -OCH3 is 1. The zero-order valence-corrected chi connectivity index (χ0v) is 15.6. The fourth-order valence-electron chi connectivity index (χ4n) is 2.57. The average Bonchev–Trinajstić information content (AvgIpc) is 2.66. The predicted octanol–water partition coefficient (Wildman–Crippen LogP) is 4.68. The molecule has 6 heteroatoms. The molecule has 0 aliphatic heterocycles. The van der Waals surface area contributed by atoms with Crippen LogP contribution in [0.1, 0.15) is 26.2 Å². The second-order valence-electron chi connectivity index (χ2n) is 5.63. The molecule has 1 aromatic rings. The van der Waals surface area contributed by atoms with Crippen molar-refractivity contribution >= 4 is 23.3 Å². The molecule has 1 N–H and O–H groups in total. The third kappa shape index (κ3) is 5.14. The predicted molar refractivity (Wildman–Crippen MR) is 102 cm³/mol. The summed E-state index contributed by atoms with van der Waals surface area (Å²) in [6.07, 6.45) is 5.78. The van der Waals surface area contributed by atoms with Crippen LogP contribution in [0.3, 0.4) is 0 Å². The quantitative estimate of drug-likeness (QED) is 0.446. The van der Waals surface area contributed by atoms with E-state index in [9.17, 15) is 10.1 Å². The molecule has 0 unspecified atom stereocenters.